The number of rotatable bonds is 1. The molecule has 4 rings (SSSR count). The van der Waals surface area contributed by atoms with E-state index in [1.54, 1.807) is 11.8 Å². The molecule has 0 saturated carbocycles. The first-order chi connectivity index (χ1) is 10.7. The summed E-state index contributed by atoms with van der Waals surface area (Å²) in [6, 6.07) is 23.0. The van der Waals surface area contributed by atoms with Gasteiger partial charge in [0.05, 0.1) is 17.1 Å². The molecule has 0 amide bonds. The third-order valence-corrected chi connectivity index (χ3v) is 5.84. The number of nitrogens with zero attached hydrogens (tertiary/aromatic N) is 1. The van der Waals surface area contributed by atoms with Crippen molar-refractivity contribution in [2.45, 2.75) is 9.79 Å². The zero-order chi connectivity index (χ0) is 15.1. The van der Waals surface area contributed by atoms with Crippen LogP contribution in [0.4, 0.5) is 17.1 Å². The fourth-order valence-electron chi connectivity index (χ4n) is 2.62. The second-order valence-corrected chi connectivity index (χ2v) is 7.65. The zero-order valence-corrected chi connectivity index (χ0v) is 15.2. The maximum absolute atomic E-state index is 6.20. The molecule has 0 N–H and O–H groups in total. The van der Waals surface area contributed by atoms with Gasteiger partial charge in [0.2, 0.25) is 0 Å². The third kappa shape index (κ3) is 2.41. The molecule has 1 heterocycles. The molecule has 3 aromatic carbocycles. The number of halogens is 2. The first-order valence-corrected chi connectivity index (χ1v) is 9.12. The quantitative estimate of drug-likeness (QED) is 0.300. The topological polar surface area (TPSA) is 3.24 Å². The summed E-state index contributed by atoms with van der Waals surface area (Å²) in [6.07, 6.45) is 0. The predicted octanol–water partition coefficient (Wildman–Crippen LogP) is 6.88. The van der Waals surface area contributed by atoms with E-state index in [2.05, 4.69) is 82.1 Å². The number of anilines is 3. The minimum Gasteiger partial charge on any atom is -0.307 e. The number of benzene rings is 3. The van der Waals surface area contributed by atoms with Crippen LogP contribution in [0.5, 0.6) is 0 Å². The van der Waals surface area contributed by atoms with Gasteiger partial charge in [0, 0.05) is 18.4 Å². The van der Waals surface area contributed by atoms with Crippen LogP contribution in [0.3, 0.4) is 0 Å². The summed E-state index contributed by atoms with van der Waals surface area (Å²) in [4.78, 5) is 4.75. The van der Waals surface area contributed by atoms with Gasteiger partial charge in [-0.05, 0) is 65.1 Å². The Balaban J connectivity index is 2.00. The molecule has 0 bridgehead atoms. The minimum atomic E-state index is 0.772. The summed E-state index contributed by atoms with van der Waals surface area (Å²) >= 11 is 10.4. The monoisotopic (exact) mass is 435 g/mol. The second kappa shape index (κ2) is 5.80. The van der Waals surface area contributed by atoms with Crippen molar-refractivity contribution in [3.63, 3.8) is 0 Å². The van der Waals surface area contributed by atoms with Gasteiger partial charge in [0.15, 0.2) is 0 Å². The number of para-hydroxylation sites is 2. The summed E-state index contributed by atoms with van der Waals surface area (Å²) in [5, 5.41) is 0.772. The summed E-state index contributed by atoms with van der Waals surface area (Å²) in [7, 11) is 0. The maximum atomic E-state index is 6.20. The molecule has 1 aliphatic heterocycles. The molecular formula is C18H11ClINS. The van der Waals surface area contributed by atoms with Crippen molar-refractivity contribution < 1.29 is 0 Å². The highest BCUT2D eigenvalue weighted by Crippen LogP contribution is 2.52. The molecule has 0 unspecified atom stereocenters. The van der Waals surface area contributed by atoms with Crippen LogP contribution in [0.25, 0.3) is 0 Å². The van der Waals surface area contributed by atoms with Crippen molar-refractivity contribution in [2.75, 3.05) is 4.90 Å². The van der Waals surface area contributed by atoms with Gasteiger partial charge < -0.3 is 4.90 Å². The normalized spacial score (nSPS) is 12.7. The lowest BCUT2D eigenvalue weighted by Crippen LogP contribution is -2.15. The van der Waals surface area contributed by atoms with Crippen LogP contribution < -0.4 is 4.90 Å². The van der Waals surface area contributed by atoms with Gasteiger partial charge in [-0.2, -0.15) is 0 Å². The summed E-state index contributed by atoms with van der Waals surface area (Å²) in [5.41, 5.74) is 3.59. The Labute approximate surface area is 152 Å². The zero-order valence-electron chi connectivity index (χ0n) is 11.5. The molecule has 1 aliphatic rings. The molecule has 0 spiro atoms. The van der Waals surface area contributed by atoms with Crippen molar-refractivity contribution in [1.29, 1.82) is 0 Å². The van der Waals surface area contributed by atoms with Crippen LogP contribution in [-0.4, -0.2) is 0 Å². The lowest BCUT2D eigenvalue weighted by molar-refractivity contribution is 1.16. The Kier molecular flexibility index (Phi) is 3.80. The van der Waals surface area contributed by atoms with E-state index in [4.69, 9.17) is 11.6 Å². The van der Waals surface area contributed by atoms with Gasteiger partial charge in [0.1, 0.15) is 0 Å². The van der Waals surface area contributed by atoms with Crippen LogP contribution in [0.15, 0.2) is 76.5 Å². The summed E-state index contributed by atoms with van der Waals surface area (Å²) in [6.45, 7) is 0. The van der Waals surface area contributed by atoms with E-state index in [0.717, 1.165) is 5.02 Å². The van der Waals surface area contributed by atoms with Crippen LogP contribution in [0.2, 0.25) is 5.02 Å². The first kappa shape index (κ1) is 14.4. The first-order valence-electron chi connectivity index (χ1n) is 6.85. The van der Waals surface area contributed by atoms with Crippen molar-refractivity contribution >= 4 is 63.0 Å². The van der Waals surface area contributed by atoms with Crippen molar-refractivity contribution in [3.8, 4) is 0 Å². The molecule has 108 valence electrons. The van der Waals surface area contributed by atoms with Crippen molar-refractivity contribution in [1.82, 2.24) is 0 Å². The molecular weight excluding hydrogens is 425 g/mol. The number of fused-ring (bicyclic) bond motifs is 2. The minimum absolute atomic E-state index is 0.772. The number of hydrogen-bond donors (Lipinski definition) is 0. The molecule has 0 fully saturated rings. The third-order valence-electron chi connectivity index (χ3n) is 3.58. The highest BCUT2D eigenvalue weighted by molar-refractivity contribution is 14.1. The van der Waals surface area contributed by atoms with Crippen LogP contribution in [0.1, 0.15) is 0 Å². The van der Waals surface area contributed by atoms with E-state index in [0.29, 0.717) is 0 Å². The van der Waals surface area contributed by atoms with Gasteiger partial charge in [0.25, 0.3) is 0 Å². The fraction of sp³-hybridized carbons (Fsp3) is 0. The van der Waals surface area contributed by atoms with E-state index in [1.165, 1.54) is 30.4 Å². The predicted molar refractivity (Wildman–Crippen MR) is 103 cm³/mol. The van der Waals surface area contributed by atoms with Gasteiger partial charge >= 0.3 is 0 Å². The Morgan fingerprint density at radius 3 is 2.27 bits per heavy atom. The molecule has 1 nitrogen and oxygen atoms in total. The van der Waals surface area contributed by atoms with Gasteiger partial charge in [-0.1, -0.05) is 47.6 Å². The average Bonchev–Trinajstić information content (AvgIpc) is 2.53. The summed E-state index contributed by atoms with van der Waals surface area (Å²) in [5.74, 6) is 0. The number of hydrogen-bond acceptors (Lipinski definition) is 2. The Bertz CT molecular complexity index is 854. The lowest BCUT2D eigenvalue weighted by atomic mass is 10.2. The fourth-order valence-corrected chi connectivity index (χ4v) is 4.59. The SMILES string of the molecule is Clc1ccc2c(c1)Sc1ccccc1N2c1ccccc1I. The van der Waals surface area contributed by atoms with Crippen LogP contribution >= 0.6 is 46.0 Å². The van der Waals surface area contributed by atoms with E-state index >= 15 is 0 Å². The summed E-state index contributed by atoms with van der Waals surface area (Å²) < 4.78 is 1.22. The van der Waals surface area contributed by atoms with E-state index in [9.17, 15) is 0 Å². The lowest BCUT2D eigenvalue weighted by Gasteiger charge is -2.33. The van der Waals surface area contributed by atoms with E-state index < -0.39 is 0 Å². The Hall–Kier alpha value is -1.17. The largest absolute Gasteiger partial charge is 0.307 e. The average molecular weight is 436 g/mol. The molecule has 0 aromatic heterocycles. The highest BCUT2D eigenvalue weighted by Gasteiger charge is 2.25. The molecule has 0 atom stereocenters. The standard InChI is InChI=1S/C18H11ClINS/c19-12-9-10-16-18(11-12)22-17-8-4-3-7-15(17)21(16)14-6-2-1-5-13(14)20/h1-11H. The van der Waals surface area contributed by atoms with E-state index in [1.807, 2.05) is 12.1 Å². The Morgan fingerprint density at radius 2 is 1.45 bits per heavy atom. The maximum Gasteiger partial charge on any atom is 0.0603 e. The van der Waals surface area contributed by atoms with Crippen molar-refractivity contribution in [3.05, 3.63) is 75.3 Å². The Morgan fingerprint density at radius 1 is 0.773 bits per heavy atom. The molecule has 0 saturated heterocycles. The molecule has 0 aliphatic carbocycles. The molecule has 22 heavy (non-hydrogen) atoms. The molecule has 3 aromatic rings. The smallest absolute Gasteiger partial charge is 0.0603 e. The van der Waals surface area contributed by atoms with Gasteiger partial charge in [-0.25, -0.2) is 0 Å². The van der Waals surface area contributed by atoms with Gasteiger partial charge in [-0.3, -0.25) is 0 Å². The van der Waals surface area contributed by atoms with E-state index in [-0.39, 0.29) is 0 Å². The van der Waals surface area contributed by atoms with Crippen LogP contribution in [0, 0.1) is 3.57 Å². The molecule has 0 radical (unpaired) electrons. The van der Waals surface area contributed by atoms with Gasteiger partial charge in [-0.15, -0.1) is 0 Å². The van der Waals surface area contributed by atoms with Crippen molar-refractivity contribution in [2.24, 2.45) is 0 Å². The van der Waals surface area contributed by atoms with Crippen LogP contribution in [-0.2, 0) is 0 Å². The highest BCUT2D eigenvalue weighted by atomic mass is 127. The molecule has 4 heteroatoms. The second-order valence-electron chi connectivity index (χ2n) is 4.97.